The van der Waals surface area contributed by atoms with Gasteiger partial charge in [0.15, 0.2) is 0 Å². The fraction of sp³-hybridized carbons (Fsp3) is 0.0909. The van der Waals surface area contributed by atoms with Crippen LogP contribution in [0.25, 0.3) is 10.9 Å². The summed E-state index contributed by atoms with van der Waals surface area (Å²) in [6, 6.07) is 5.34. The van der Waals surface area contributed by atoms with E-state index >= 15 is 0 Å². The molecule has 1 amide bonds. The van der Waals surface area contributed by atoms with Crippen LogP contribution in [0.15, 0.2) is 24.4 Å². The van der Waals surface area contributed by atoms with Crippen LogP contribution in [0, 0.1) is 6.92 Å². The number of rotatable bonds is 2. The average molecular weight is 259 g/mol. The molecule has 7 heteroatoms. The fourth-order valence-corrected chi connectivity index (χ4v) is 2.19. The minimum absolute atomic E-state index is 0.200. The fourth-order valence-electron chi connectivity index (χ4n) is 1.60. The van der Waals surface area contributed by atoms with Crippen molar-refractivity contribution in [3.05, 3.63) is 35.0 Å². The molecule has 90 valence electrons. The average Bonchev–Trinajstić information content (AvgIpc) is 2.96. The molecule has 18 heavy (non-hydrogen) atoms. The van der Waals surface area contributed by atoms with E-state index in [1.807, 2.05) is 13.0 Å². The number of anilines is 1. The standard InChI is InChI=1S/C11H9N5OS/c1-6-14-16-11(18-6)13-10(17)7-2-3-9-8(4-7)5-12-15-9/h2-5H,1H3,(H,12,15)(H,13,16,17). The third-order valence-corrected chi connectivity index (χ3v) is 3.20. The van der Waals surface area contributed by atoms with Crippen LogP contribution in [-0.2, 0) is 0 Å². The Kier molecular flexibility index (Phi) is 2.52. The summed E-state index contributed by atoms with van der Waals surface area (Å²) in [5.41, 5.74) is 1.47. The Morgan fingerprint density at radius 2 is 2.28 bits per heavy atom. The van der Waals surface area contributed by atoms with Gasteiger partial charge < -0.3 is 0 Å². The molecule has 0 aliphatic rings. The van der Waals surface area contributed by atoms with Crippen molar-refractivity contribution in [2.45, 2.75) is 6.92 Å². The molecule has 0 spiro atoms. The Hall–Kier alpha value is -2.28. The van der Waals surface area contributed by atoms with E-state index < -0.39 is 0 Å². The molecular weight excluding hydrogens is 250 g/mol. The highest BCUT2D eigenvalue weighted by Gasteiger charge is 2.09. The van der Waals surface area contributed by atoms with E-state index in [0.717, 1.165) is 15.9 Å². The van der Waals surface area contributed by atoms with E-state index in [1.54, 1.807) is 18.3 Å². The van der Waals surface area contributed by atoms with E-state index in [2.05, 4.69) is 25.7 Å². The van der Waals surface area contributed by atoms with Gasteiger partial charge in [0.1, 0.15) is 5.01 Å². The van der Waals surface area contributed by atoms with Crippen LogP contribution in [0.1, 0.15) is 15.4 Å². The molecule has 0 saturated heterocycles. The number of benzene rings is 1. The van der Waals surface area contributed by atoms with Crippen molar-refractivity contribution >= 4 is 33.3 Å². The van der Waals surface area contributed by atoms with Crippen molar-refractivity contribution in [1.29, 1.82) is 0 Å². The topological polar surface area (TPSA) is 83.6 Å². The van der Waals surface area contributed by atoms with Crippen LogP contribution in [0.5, 0.6) is 0 Å². The predicted molar refractivity (Wildman–Crippen MR) is 68.7 cm³/mol. The maximum atomic E-state index is 12.0. The second-order valence-corrected chi connectivity index (χ2v) is 4.93. The zero-order chi connectivity index (χ0) is 12.5. The molecule has 0 fully saturated rings. The number of aromatic nitrogens is 4. The highest BCUT2D eigenvalue weighted by Crippen LogP contribution is 2.17. The molecule has 1 aromatic carbocycles. The predicted octanol–water partition coefficient (Wildman–Crippen LogP) is 1.98. The molecule has 2 heterocycles. The maximum absolute atomic E-state index is 12.0. The van der Waals surface area contributed by atoms with Gasteiger partial charge in [-0.15, -0.1) is 10.2 Å². The Balaban J connectivity index is 1.87. The first-order chi connectivity index (χ1) is 8.72. The SMILES string of the molecule is Cc1nnc(NC(=O)c2ccc3[nH]ncc3c2)s1. The van der Waals surface area contributed by atoms with E-state index in [-0.39, 0.29) is 5.91 Å². The molecular formula is C11H9N5OS. The van der Waals surface area contributed by atoms with Gasteiger partial charge in [0.05, 0.1) is 11.7 Å². The first-order valence-electron chi connectivity index (χ1n) is 5.27. The number of hydrogen-bond donors (Lipinski definition) is 2. The number of nitrogens with one attached hydrogen (secondary N) is 2. The van der Waals surface area contributed by atoms with Crippen molar-refractivity contribution in [3.63, 3.8) is 0 Å². The van der Waals surface area contributed by atoms with Crippen LogP contribution in [0.4, 0.5) is 5.13 Å². The van der Waals surface area contributed by atoms with Gasteiger partial charge in [0.2, 0.25) is 5.13 Å². The molecule has 2 N–H and O–H groups in total. The molecule has 3 aromatic rings. The molecule has 2 aromatic heterocycles. The van der Waals surface area contributed by atoms with E-state index in [0.29, 0.717) is 10.7 Å². The number of amides is 1. The highest BCUT2D eigenvalue weighted by atomic mass is 32.1. The quantitative estimate of drug-likeness (QED) is 0.737. The van der Waals surface area contributed by atoms with E-state index in [4.69, 9.17) is 0 Å². The van der Waals surface area contributed by atoms with Crippen molar-refractivity contribution < 1.29 is 4.79 Å². The second-order valence-electron chi connectivity index (χ2n) is 3.75. The molecule has 3 rings (SSSR count). The third kappa shape index (κ3) is 1.95. The minimum Gasteiger partial charge on any atom is -0.296 e. The molecule has 0 aliphatic carbocycles. The Morgan fingerprint density at radius 1 is 1.39 bits per heavy atom. The van der Waals surface area contributed by atoms with Gasteiger partial charge in [0, 0.05) is 10.9 Å². The van der Waals surface area contributed by atoms with Crippen LogP contribution in [0.2, 0.25) is 0 Å². The van der Waals surface area contributed by atoms with Crippen LogP contribution >= 0.6 is 11.3 Å². The molecule has 0 atom stereocenters. The van der Waals surface area contributed by atoms with Crippen LogP contribution in [0.3, 0.4) is 0 Å². The van der Waals surface area contributed by atoms with Gasteiger partial charge in [-0.3, -0.25) is 15.2 Å². The zero-order valence-corrected chi connectivity index (χ0v) is 10.3. The lowest BCUT2D eigenvalue weighted by Gasteiger charge is -2.00. The van der Waals surface area contributed by atoms with Crippen molar-refractivity contribution in [1.82, 2.24) is 20.4 Å². The number of nitrogens with zero attached hydrogens (tertiary/aromatic N) is 3. The summed E-state index contributed by atoms with van der Waals surface area (Å²) in [6.07, 6.45) is 1.68. The normalized spacial score (nSPS) is 10.7. The summed E-state index contributed by atoms with van der Waals surface area (Å²) in [6.45, 7) is 1.84. The largest absolute Gasteiger partial charge is 0.296 e. The summed E-state index contributed by atoms with van der Waals surface area (Å²) in [5.74, 6) is -0.200. The van der Waals surface area contributed by atoms with Gasteiger partial charge in [-0.25, -0.2) is 0 Å². The number of aryl methyl sites for hydroxylation is 1. The maximum Gasteiger partial charge on any atom is 0.257 e. The van der Waals surface area contributed by atoms with Gasteiger partial charge in [-0.2, -0.15) is 5.10 Å². The Labute approximate surface area is 106 Å². The lowest BCUT2D eigenvalue weighted by molar-refractivity contribution is 0.102. The smallest absolute Gasteiger partial charge is 0.257 e. The van der Waals surface area contributed by atoms with Crippen molar-refractivity contribution in [3.8, 4) is 0 Å². The molecule has 0 unspecified atom stereocenters. The van der Waals surface area contributed by atoms with Gasteiger partial charge in [-0.1, -0.05) is 11.3 Å². The lowest BCUT2D eigenvalue weighted by atomic mass is 10.1. The lowest BCUT2D eigenvalue weighted by Crippen LogP contribution is -2.11. The molecule has 0 bridgehead atoms. The monoisotopic (exact) mass is 259 g/mol. The number of fused-ring (bicyclic) bond motifs is 1. The molecule has 0 saturated carbocycles. The van der Waals surface area contributed by atoms with Crippen LogP contribution < -0.4 is 5.32 Å². The minimum atomic E-state index is -0.200. The molecule has 0 aliphatic heterocycles. The van der Waals surface area contributed by atoms with E-state index in [9.17, 15) is 4.79 Å². The van der Waals surface area contributed by atoms with Gasteiger partial charge in [0.25, 0.3) is 5.91 Å². The first-order valence-corrected chi connectivity index (χ1v) is 6.08. The summed E-state index contributed by atoms with van der Waals surface area (Å²) in [4.78, 5) is 12.0. The van der Waals surface area contributed by atoms with Gasteiger partial charge >= 0.3 is 0 Å². The summed E-state index contributed by atoms with van der Waals surface area (Å²) in [5, 5.41) is 19.4. The van der Waals surface area contributed by atoms with Crippen molar-refractivity contribution in [2.75, 3.05) is 5.32 Å². The Bertz CT molecular complexity index is 717. The number of aromatic amines is 1. The number of carbonyl (C=O) groups excluding carboxylic acids is 1. The zero-order valence-electron chi connectivity index (χ0n) is 9.47. The van der Waals surface area contributed by atoms with Crippen LogP contribution in [-0.4, -0.2) is 26.3 Å². The second kappa shape index (κ2) is 4.19. The Morgan fingerprint density at radius 3 is 3.06 bits per heavy atom. The van der Waals surface area contributed by atoms with Gasteiger partial charge in [-0.05, 0) is 25.1 Å². The summed E-state index contributed by atoms with van der Waals surface area (Å²) < 4.78 is 0. The summed E-state index contributed by atoms with van der Waals surface area (Å²) >= 11 is 1.34. The highest BCUT2D eigenvalue weighted by molar-refractivity contribution is 7.15. The number of H-pyrrole nitrogens is 1. The molecule has 6 nitrogen and oxygen atoms in total. The number of carbonyl (C=O) groups is 1. The number of hydrogen-bond acceptors (Lipinski definition) is 5. The summed E-state index contributed by atoms with van der Waals surface area (Å²) in [7, 11) is 0. The van der Waals surface area contributed by atoms with E-state index in [1.165, 1.54) is 11.3 Å². The first kappa shape index (κ1) is 10.8. The third-order valence-electron chi connectivity index (χ3n) is 2.45. The van der Waals surface area contributed by atoms with Crippen molar-refractivity contribution in [2.24, 2.45) is 0 Å². The molecule has 0 radical (unpaired) electrons.